The lowest BCUT2D eigenvalue weighted by atomic mass is 9.85. The van der Waals surface area contributed by atoms with Crippen LogP contribution in [-0.4, -0.2) is 22.9 Å². The lowest BCUT2D eigenvalue weighted by Gasteiger charge is -2.27. The van der Waals surface area contributed by atoms with Gasteiger partial charge in [-0.25, -0.2) is 0 Å². The quantitative estimate of drug-likeness (QED) is 0.779. The molecule has 1 N–H and O–H groups in total. The Morgan fingerprint density at radius 1 is 1.33 bits per heavy atom. The summed E-state index contributed by atoms with van der Waals surface area (Å²) in [5.41, 5.74) is 0.0465. The van der Waals surface area contributed by atoms with E-state index in [-0.39, 0.29) is 11.7 Å². The van der Waals surface area contributed by atoms with Gasteiger partial charge >= 0.3 is 0 Å². The fraction of sp³-hybridized carbons (Fsp3) is 1.00. The molecule has 0 aromatic carbocycles. The van der Waals surface area contributed by atoms with Crippen LogP contribution in [0.4, 0.5) is 0 Å². The molecular formula is C13H26O2. The Morgan fingerprint density at radius 3 is 2.27 bits per heavy atom. The van der Waals surface area contributed by atoms with Crippen LogP contribution in [0.5, 0.6) is 0 Å². The SMILES string of the molecule is CC(C)C(CC1CCC(C)(C)O1)C(C)O. The molecule has 2 heteroatoms. The van der Waals surface area contributed by atoms with E-state index in [9.17, 15) is 5.11 Å². The van der Waals surface area contributed by atoms with Crippen LogP contribution in [0.25, 0.3) is 0 Å². The number of hydrogen-bond donors (Lipinski definition) is 1. The van der Waals surface area contributed by atoms with E-state index >= 15 is 0 Å². The van der Waals surface area contributed by atoms with Crippen molar-refractivity contribution < 1.29 is 9.84 Å². The normalized spacial score (nSPS) is 29.4. The molecule has 0 amide bonds. The second-order valence-electron chi connectivity index (χ2n) is 5.92. The maximum absolute atomic E-state index is 9.72. The third kappa shape index (κ3) is 3.76. The van der Waals surface area contributed by atoms with Crippen LogP contribution >= 0.6 is 0 Å². The van der Waals surface area contributed by atoms with Gasteiger partial charge in [0.15, 0.2) is 0 Å². The summed E-state index contributed by atoms with van der Waals surface area (Å²) in [5.74, 6) is 0.890. The van der Waals surface area contributed by atoms with Crippen molar-refractivity contribution in [3.8, 4) is 0 Å². The maximum Gasteiger partial charge on any atom is 0.0631 e. The minimum absolute atomic E-state index is 0.0465. The largest absolute Gasteiger partial charge is 0.393 e. The van der Waals surface area contributed by atoms with Crippen molar-refractivity contribution in [3.63, 3.8) is 0 Å². The lowest BCUT2D eigenvalue weighted by molar-refractivity contribution is -0.0388. The third-order valence-electron chi connectivity index (χ3n) is 3.57. The lowest BCUT2D eigenvalue weighted by Crippen LogP contribution is -2.28. The van der Waals surface area contributed by atoms with Gasteiger partial charge in [0.1, 0.15) is 0 Å². The van der Waals surface area contributed by atoms with Gasteiger partial charge in [-0.05, 0) is 51.9 Å². The van der Waals surface area contributed by atoms with E-state index in [4.69, 9.17) is 4.74 Å². The highest BCUT2D eigenvalue weighted by Gasteiger charge is 2.34. The van der Waals surface area contributed by atoms with Crippen molar-refractivity contribution in [3.05, 3.63) is 0 Å². The van der Waals surface area contributed by atoms with Crippen molar-refractivity contribution >= 4 is 0 Å². The van der Waals surface area contributed by atoms with Crippen LogP contribution in [0, 0.1) is 11.8 Å². The minimum atomic E-state index is -0.225. The van der Waals surface area contributed by atoms with Crippen molar-refractivity contribution in [2.75, 3.05) is 0 Å². The Labute approximate surface area is 94.0 Å². The number of aliphatic hydroxyl groups excluding tert-OH is 1. The Morgan fingerprint density at radius 2 is 1.93 bits per heavy atom. The van der Waals surface area contributed by atoms with Gasteiger partial charge in [-0.3, -0.25) is 0 Å². The van der Waals surface area contributed by atoms with Crippen LogP contribution in [0.2, 0.25) is 0 Å². The highest BCUT2D eigenvalue weighted by Crippen LogP contribution is 2.34. The summed E-state index contributed by atoms with van der Waals surface area (Å²) in [4.78, 5) is 0. The van der Waals surface area contributed by atoms with E-state index in [1.165, 1.54) is 0 Å². The predicted molar refractivity (Wildman–Crippen MR) is 62.8 cm³/mol. The molecule has 0 aliphatic carbocycles. The first-order valence-corrected chi connectivity index (χ1v) is 6.18. The molecule has 0 saturated carbocycles. The summed E-state index contributed by atoms with van der Waals surface area (Å²) in [6.45, 7) is 10.6. The minimum Gasteiger partial charge on any atom is -0.393 e. The van der Waals surface area contributed by atoms with Gasteiger partial charge in [-0.1, -0.05) is 13.8 Å². The zero-order valence-corrected chi connectivity index (χ0v) is 10.8. The second kappa shape index (κ2) is 4.84. The molecule has 0 radical (unpaired) electrons. The number of ether oxygens (including phenoxy) is 1. The summed E-state index contributed by atoms with van der Waals surface area (Å²) in [6, 6.07) is 0. The molecule has 1 saturated heterocycles. The van der Waals surface area contributed by atoms with E-state index in [1.54, 1.807) is 0 Å². The molecule has 1 aliphatic heterocycles. The highest BCUT2D eigenvalue weighted by molar-refractivity contribution is 4.83. The topological polar surface area (TPSA) is 29.5 Å². The molecule has 3 unspecified atom stereocenters. The predicted octanol–water partition coefficient (Wildman–Crippen LogP) is 2.99. The third-order valence-corrected chi connectivity index (χ3v) is 3.57. The fourth-order valence-electron chi connectivity index (χ4n) is 2.57. The van der Waals surface area contributed by atoms with E-state index in [2.05, 4.69) is 27.7 Å². The van der Waals surface area contributed by atoms with Gasteiger partial charge in [0.25, 0.3) is 0 Å². The van der Waals surface area contributed by atoms with Crippen molar-refractivity contribution in [1.82, 2.24) is 0 Å². The molecule has 0 bridgehead atoms. The first kappa shape index (κ1) is 13.0. The van der Waals surface area contributed by atoms with Crippen molar-refractivity contribution in [2.45, 2.75) is 71.7 Å². The molecule has 90 valence electrons. The second-order valence-corrected chi connectivity index (χ2v) is 5.92. The van der Waals surface area contributed by atoms with Crippen LogP contribution in [0.1, 0.15) is 53.9 Å². The summed E-state index contributed by atoms with van der Waals surface area (Å²) >= 11 is 0. The summed E-state index contributed by atoms with van der Waals surface area (Å²) in [7, 11) is 0. The summed E-state index contributed by atoms with van der Waals surface area (Å²) in [6.07, 6.45) is 3.41. The first-order chi connectivity index (χ1) is 6.82. The summed E-state index contributed by atoms with van der Waals surface area (Å²) < 4.78 is 5.97. The molecule has 0 spiro atoms. The van der Waals surface area contributed by atoms with Gasteiger partial charge in [-0.2, -0.15) is 0 Å². The number of hydrogen-bond acceptors (Lipinski definition) is 2. The zero-order valence-electron chi connectivity index (χ0n) is 10.8. The van der Waals surface area contributed by atoms with E-state index in [0.717, 1.165) is 19.3 Å². The zero-order chi connectivity index (χ0) is 11.6. The average molecular weight is 214 g/mol. The average Bonchev–Trinajstić information content (AvgIpc) is 2.40. The van der Waals surface area contributed by atoms with E-state index in [1.807, 2.05) is 6.92 Å². The molecule has 1 aliphatic rings. The van der Waals surface area contributed by atoms with Crippen molar-refractivity contribution in [1.29, 1.82) is 0 Å². The molecule has 0 aromatic rings. The molecular weight excluding hydrogens is 188 g/mol. The van der Waals surface area contributed by atoms with Crippen molar-refractivity contribution in [2.24, 2.45) is 11.8 Å². The van der Waals surface area contributed by atoms with Gasteiger partial charge in [0.05, 0.1) is 17.8 Å². The Hall–Kier alpha value is -0.0800. The van der Waals surface area contributed by atoms with Crippen LogP contribution in [-0.2, 0) is 4.74 Å². The van der Waals surface area contributed by atoms with E-state index < -0.39 is 0 Å². The molecule has 3 atom stereocenters. The van der Waals surface area contributed by atoms with Gasteiger partial charge in [-0.15, -0.1) is 0 Å². The molecule has 2 nitrogen and oxygen atoms in total. The van der Waals surface area contributed by atoms with Crippen LogP contribution in [0.15, 0.2) is 0 Å². The number of aliphatic hydroxyl groups is 1. The highest BCUT2D eigenvalue weighted by atomic mass is 16.5. The Kier molecular flexibility index (Phi) is 4.19. The number of rotatable bonds is 4. The Bertz CT molecular complexity index is 189. The molecule has 1 heterocycles. The molecule has 0 aromatic heterocycles. The van der Waals surface area contributed by atoms with Gasteiger partial charge < -0.3 is 9.84 Å². The summed E-state index contributed by atoms with van der Waals surface area (Å²) in [5, 5.41) is 9.72. The van der Waals surface area contributed by atoms with Crippen LogP contribution in [0.3, 0.4) is 0 Å². The van der Waals surface area contributed by atoms with E-state index in [0.29, 0.717) is 17.9 Å². The smallest absolute Gasteiger partial charge is 0.0631 e. The van der Waals surface area contributed by atoms with Gasteiger partial charge in [0, 0.05) is 0 Å². The standard InChI is InChI=1S/C13H26O2/c1-9(2)12(10(3)14)8-11-6-7-13(4,5)15-11/h9-12,14H,6-8H2,1-5H3. The molecule has 15 heavy (non-hydrogen) atoms. The fourth-order valence-corrected chi connectivity index (χ4v) is 2.57. The first-order valence-electron chi connectivity index (χ1n) is 6.18. The maximum atomic E-state index is 9.72. The van der Waals surface area contributed by atoms with Crippen LogP contribution < -0.4 is 0 Å². The molecule has 1 rings (SSSR count). The molecule has 1 fully saturated rings. The Balaban J connectivity index is 2.46. The monoisotopic (exact) mass is 214 g/mol. The van der Waals surface area contributed by atoms with Gasteiger partial charge in [0.2, 0.25) is 0 Å².